The summed E-state index contributed by atoms with van der Waals surface area (Å²) in [7, 11) is 1.61. The second-order valence-corrected chi connectivity index (χ2v) is 6.83. The van der Waals surface area contributed by atoms with Crippen molar-refractivity contribution in [2.24, 2.45) is 4.99 Å². The maximum absolute atomic E-state index is 6.13. The number of hydrogen-bond donors (Lipinski definition) is 0. The normalized spacial score (nSPS) is 11.7. The topological polar surface area (TPSA) is 49.3 Å². The molecule has 160 valence electrons. The Bertz CT molecular complexity index is 1060. The molecule has 0 aliphatic heterocycles. The van der Waals surface area contributed by atoms with Crippen LogP contribution in [0.25, 0.3) is 0 Å². The first-order chi connectivity index (χ1) is 15.1. The predicted molar refractivity (Wildman–Crippen MR) is 124 cm³/mol. The van der Waals surface area contributed by atoms with E-state index >= 15 is 0 Å². The highest BCUT2D eigenvalue weighted by Crippen LogP contribution is 2.27. The first-order valence-electron chi connectivity index (χ1n) is 10.1. The van der Waals surface area contributed by atoms with Crippen molar-refractivity contribution in [1.29, 1.82) is 0 Å². The standard InChI is InChI=1S/C26H27NO4/c1-5-29-22-9-8-10-23(17-22)31-26(27-21-15-13-19(2)14-16-21)20(3)18-30-25-12-7-6-11-24(25)28-4/h6-18H,5H2,1-4H3/b20-18+,27-26?. The molecule has 0 bridgehead atoms. The highest BCUT2D eigenvalue weighted by molar-refractivity contribution is 5.96. The number of methoxy groups -OCH3 is 1. The van der Waals surface area contributed by atoms with E-state index in [1.54, 1.807) is 13.4 Å². The van der Waals surface area contributed by atoms with Crippen LogP contribution in [-0.2, 0) is 0 Å². The summed E-state index contributed by atoms with van der Waals surface area (Å²) in [6.45, 7) is 6.45. The van der Waals surface area contributed by atoms with E-state index < -0.39 is 0 Å². The summed E-state index contributed by atoms with van der Waals surface area (Å²) in [5.74, 6) is 3.04. The van der Waals surface area contributed by atoms with Crippen molar-refractivity contribution in [2.75, 3.05) is 13.7 Å². The Morgan fingerprint density at radius 3 is 2.32 bits per heavy atom. The molecule has 3 aromatic rings. The monoisotopic (exact) mass is 417 g/mol. The molecule has 5 heteroatoms. The van der Waals surface area contributed by atoms with Crippen LogP contribution in [0.1, 0.15) is 19.4 Å². The van der Waals surface area contributed by atoms with Gasteiger partial charge in [-0.25, -0.2) is 4.99 Å². The second kappa shape index (κ2) is 10.9. The van der Waals surface area contributed by atoms with Gasteiger partial charge in [-0.1, -0.05) is 35.9 Å². The van der Waals surface area contributed by atoms with E-state index in [9.17, 15) is 0 Å². The molecule has 3 aromatic carbocycles. The van der Waals surface area contributed by atoms with Crippen molar-refractivity contribution in [2.45, 2.75) is 20.8 Å². The zero-order valence-corrected chi connectivity index (χ0v) is 18.3. The fourth-order valence-corrected chi connectivity index (χ4v) is 2.75. The van der Waals surface area contributed by atoms with Gasteiger partial charge in [0.05, 0.1) is 25.7 Å². The van der Waals surface area contributed by atoms with E-state index in [2.05, 4.69) is 0 Å². The average molecular weight is 418 g/mol. The Labute approximate surface area is 183 Å². The summed E-state index contributed by atoms with van der Waals surface area (Å²) in [5, 5.41) is 0. The van der Waals surface area contributed by atoms with Gasteiger partial charge in [0, 0.05) is 11.6 Å². The van der Waals surface area contributed by atoms with E-state index in [4.69, 9.17) is 23.9 Å². The molecule has 0 spiro atoms. The number of rotatable bonds is 8. The molecule has 0 unspecified atom stereocenters. The van der Waals surface area contributed by atoms with Gasteiger partial charge in [0.2, 0.25) is 5.90 Å². The number of nitrogens with zero attached hydrogens (tertiary/aromatic N) is 1. The van der Waals surface area contributed by atoms with Gasteiger partial charge in [-0.3, -0.25) is 0 Å². The van der Waals surface area contributed by atoms with Crippen molar-refractivity contribution < 1.29 is 18.9 Å². The summed E-state index contributed by atoms with van der Waals surface area (Å²) in [6.07, 6.45) is 1.61. The number of aryl methyl sites for hydroxylation is 1. The first kappa shape index (κ1) is 22.0. The minimum atomic E-state index is 0.424. The Balaban J connectivity index is 1.91. The highest BCUT2D eigenvalue weighted by Gasteiger charge is 2.10. The van der Waals surface area contributed by atoms with Gasteiger partial charge in [-0.15, -0.1) is 0 Å². The van der Waals surface area contributed by atoms with Gasteiger partial charge >= 0.3 is 0 Å². The summed E-state index contributed by atoms with van der Waals surface area (Å²) in [5.41, 5.74) is 2.66. The van der Waals surface area contributed by atoms with Gasteiger partial charge < -0.3 is 18.9 Å². The number of ether oxygens (including phenoxy) is 4. The molecule has 31 heavy (non-hydrogen) atoms. The summed E-state index contributed by atoms with van der Waals surface area (Å²) >= 11 is 0. The lowest BCUT2D eigenvalue weighted by molar-refractivity contribution is 0.339. The molecule has 0 N–H and O–H groups in total. The summed E-state index contributed by atoms with van der Waals surface area (Å²) < 4.78 is 22.9. The molecule has 0 aromatic heterocycles. The molecular formula is C26H27NO4. The molecule has 3 rings (SSSR count). The van der Waals surface area contributed by atoms with Crippen LogP contribution < -0.4 is 18.9 Å². The smallest absolute Gasteiger partial charge is 0.225 e. The molecule has 0 heterocycles. The van der Waals surface area contributed by atoms with Gasteiger partial charge in [0.15, 0.2) is 11.5 Å². The molecular weight excluding hydrogens is 390 g/mol. The van der Waals surface area contributed by atoms with E-state index in [-0.39, 0.29) is 0 Å². The maximum atomic E-state index is 6.13. The maximum Gasteiger partial charge on any atom is 0.225 e. The van der Waals surface area contributed by atoms with Crippen LogP contribution in [0.4, 0.5) is 5.69 Å². The van der Waals surface area contributed by atoms with Crippen molar-refractivity contribution >= 4 is 11.6 Å². The van der Waals surface area contributed by atoms with Crippen molar-refractivity contribution in [3.63, 3.8) is 0 Å². The Morgan fingerprint density at radius 1 is 0.903 bits per heavy atom. The van der Waals surface area contributed by atoms with Crippen LogP contribution in [0.15, 0.2) is 89.6 Å². The molecule has 5 nitrogen and oxygen atoms in total. The van der Waals surface area contributed by atoms with Crippen LogP contribution in [0.3, 0.4) is 0 Å². The first-order valence-corrected chi connectivity index (χ1v) is 10.1. The molecule has 0 atom stereocenters. The largest absolute Gasteiger partial charge is 0.494 e. The minimum Gasteiger partial charge on any atom is -0.494 e. The second-order valence-electron chi connectivity index (χ2n) is 6.83. The van der Waals surface area contributed by atoms with Gasteiger partial charge in [-0.2, -0.15) is 0 Å². The van der Waals surface area contributed by atoms with E-state index in [0.717, 1.165) is 17.0 Å². The lowest BCUT2D eigenvalue weighted by Gasteiger charge is -2.12. The number of para-hydroxylation sites is 2. The van der Waals surface area contributed by atoms with Gasteiger partial charge in [0.25, 0.3) is 0 Å². The summed E-state index contributed by atoms with van der Waals surface area (Å²) in [6, 6.07) is 22.8. The average Bonchev–Trinajstić information content (AvgIpc) is 2.79. The SMILES string of the molecule is CCOc1cccc(OC(=Nc2ccc(C)cc2)/C(C)=C/Oc2ccccc2OC)c1. The zero-order valence-electron chi connectivity index (χ0n) is 18.3. The predicted octanol–water partition coefficient (Wildman–Crippen LogP) is 6.49. The molecule has 0 aliphatic rings. The number of aliphatic imine (C=N–C) groups is 1. The van der Waals surface area contributed by atoms with Crippen molar-refractivity contribution in [1.82, 2.24) is 0 Å². The fourth-order valence-electron chi connectivity index (χ4n) is 2.75. The number of hydrogen-bond acceptors (Lipinski definition) is 5. The molecule has 0 aliphatic carbocycles. The molecule has 0 amide bonds. The van der Waals surface area contributed by atoms with Crippen LogP contribution in [0.2, 0.25) is 0 Å². The molecule has 0 saturated carbocycles. The Kier molecular flexibility index (Phi) is 7.71. The van der Waals surface area contributed by atoms with E-state index in [1.807, 2.05) is 93.6 Å². The minimum absolute atomic E-state index is 0.424. The lowest BCUT2D eigenvalue weighted by atomic mass is 10.2. The van der Waals surface area contributed by atoms with Crippen molar-refractivity contribution in [3.05, 3.63) is 90.2 Å². The lowest BCUT2D eigenvalue weighted by Crippen LogP contribution is -2.11. The third kappa shape index (κ3) is 6.37. The Morgan fingerprint density at radius 2 is 1.61 bits per heavy atom. The van der Waals surface area contributed by atoms with Gasteiger partial charge in [0.1, 0.15) is 11.5 Å². The zero-order chi connectivity index (χ0) is 22.1. The Hall–Kier alpha value is -3.73. The number of benzene rings is 3. The fraction of sp³-hybridized carbons (Fsp3) is 0.192. The quantitative estimate of drug-likeness (QED) is 0.239. The van der Waals surface area contributed by atoms with Crippen LogP contribution in [0, 0.1) is 6.92 Å². The molecule has 0 saturated heterocycles. The molecule has 0 radical (unpaired) electrons. The van der Waals surface area contributed by atoms with Gasteiger partial charge in [-0.05, 0) is 57.2 Å². The third-order valence-corrected chi connectivity index (χ3v) is 4.36. The van der Waals surface area contributed by atoms with E-state index in [1.165, 1.54) is 0 Å². The van der Waals surface area contributed by atoms with E-state index in [0.29, 0.717) is 35.3 Å². The third-order valence-electron chi connectivity index (χ3n) is 4.36. The van der Waals surface area contributed by atoms with Crippen LogP contribution in [0.5, 0.6) is 23.0 Å². The van der Waals surface area contributed by atoms with Crippen molar-refractivity contribution in [3.8, 4) is 23.0 Å². The highest BCUT2D eigenvalue weighted by atomic mass is 16.5. The molecule has 0 fully saturated rings. The van der Waals surface area contributed by atoms with Crippen LogP contribution >= 0.6 is 0 Å². The van der Waals surface area contributed by atoms with Crippen LogP contribution in [-0.4, -0.2) is 19.6 Å². The summed E-state index contributed by atoms with van der Waals surface area (Å²) in [4.78, 5) is 4.70.